The summed E-state index contributed by atoms with van der Waals surface area (Å²) in [6.07, 6.45) is 11.5. The second-order valence-corrected chi connectivity index (χ2v) is 17.3. The molecule has 11 heteroatoms. The topological polar surface area (TPSA) is 102 Å². The predicted octanol–water partition coefficient (Wildman–Crippen LogP) is 5.16. The van der Waals surface area contributed by atoms with Crippen molar-refractivity contribution >= 4 is 34.4 Å². The molecule has 6 heterocycles. The summed E-state index contributed by atoms with van der Waals surface area (Å²) < 4.78 is 2.21. The fourth-order valence-electron chi connectivity index (χ4n) is 9.91. The van der Waals surface area contributed by atoms with Gasteiger partial charge in [0.25, 0.3) is 0 Å². The number of imidazole rings is 1. The maximum Gasteiger partial charge on any atom is 0.242 e. The summed E-state index contributed by atoms with van der Waals surface area (Å²) in [4.78, 5) is 48.3. The number of piperazine rings is 1. The predicted molar refractivity (Wildman–Crippen MR) is 206 cm³/mol. The molecule has 2 N–H and O–H groups in total. The van der Waals surface area contributed by atoms with Crippen molar-refractivity contribution < 1.29 is 9.59 Å². The van der Waals surface area contributed by atoms with Crippen LogP contribution in [0.15, 0.2) is 30.6 Å². The number of likely N-dealkylation sites (tertiary alicyclic amines) is 2. The number of hydrogen-bond acceptors (Lipinski definition) is 8. The number of hydrogen-bond donors (Lipinski definition) is 2. The molecule has 0 radical (unpaired) electrons. The lowest BCUT2D eigenvalue weighted by Crippen LogP contribution is -2.62. The van der Waals surface area contributed by atoms with Gasteiger partial charge in [-0.15, -0.1) is 0 Å². The van der Waals surface area contributed by atoms with Gasteiger partial charge in [0.2, 0.25) is 11.8 Å². The monoisotopic (exact) mass is 707 g/mol. The fraction of sp³-hybridized carbons (Fsp3) is 0.659. The van der Waals surface area contributed by atoms with E-state index in [-0.39, 0.29) is 23.9 Å². The summed E-state index contributed by atoms with van der Waals surface area (Å²) in [5.41, 5.74) is 4.92. The van der Waals surface area contributed by atoms with E-state index in [1.54, 1.807) is 0 Å². The van der Waals surface area contributed by atoms with Crippen molar-refractivity contribution in [3.8, 4) is 11.3 Å². The molecule has 1 spiro atoms. The van der Waals surface area contributed by atoms with E-state index in [1.165, 1.54) is 32.4 Å². The van der Waals surface area contributed by atoms with Crippen LogP contribution in [0.4, 0.5) is 11.5 Å². The second kappa shape index (κ2) is 13.1. The third-order valence-electron chi connectivity index (χ3n) is 13.4. The summed E-state index contributed by atoms with van der Waals surface area (Å²) in [6, 6.07) is 10.3. The van der Waals surface area contributed by atoms with Crippen LogP contribution in [-0.2, 0) is 15.0 Å². The standard InChI is InChI=1S/C41H57N9O2/c1-27(2)49-26-43-34-25-33(45-37(36(34)49)44-29-9-10-29)28-8-11-32-35(22-28)50(31-23-30(24-31)46-16-6-5-7-17-46)39(52)41(32)12-18-47(19-13-41)38(51)40(3,4)48-20-14-42-15-21-48/h8,11,22,25-27,29-31,42H,5-7,9-10,12-21,23-24H2,1-4H3,(H,44,45)/t30-,31+. The van der Waals surface area contributed by atoms with Gasteiger partial charge in [0.1, 0.15) is 5.52 Å². The van der Waals surface area contributed by atoms with Gasteiger partial charge in [-0.25, -0.2) is 9.97 Å². The molecular weight excluding hydrogens is 651 g/mol. The van der Waals surface area contributed by atoms with Gasteiger partial charge in [0.15, 0.2) is 5.82 Å². The van der Waals surface area contributed by atoms with E-state index < -0.39 is 11.0 Å². The highest BCUT2D eigenvalue weighted by atomic mass is 16.2. The quantitative estimate of drug-likeness (QED) is 0.331. The van der Waals surface area contributed by atoms with Crippen molar-refractivity contribution in [3.05, 3.63) is 36.2 Å². The smallest absolute Gasteiger partial charge is 0.242 e. The molecule has 3 aromatic rings. The molecule has 278 valence electrons. The first-order valence-corrected chi connectivity index (χ1v) is 20.3. The number of carbonyl (C=O) groups is 2. The van der Waals surface area contributed by atoms with Gasteiger partial charge >= 0.3 is 0 Å². The third kappa shape index (κ3) is 5.73. The minimum absolute atomic E-state index is 0.183. The molecule has 0 atom stereocenters. The number of piperidine rings is 2. The number of nitrogens with zero attached hydrogens (tertiary/aromatic N) is 7. The Kier molecular flexibility index (Phi) is 8.62. The van der Waals surface area contributed by atoms with Crippen LogP contribution < -0.4 is 15.5 Å². The maximum absolute atomic E-state index is 15.0. The molecule has 2 aliphatic carbocycles. The van der Waals surface area contributed by atoms with Gasteiger partial charge in [-0.05, 0) is 110 Å². The molecule has 52 heavy (non-hydrogen) atoms. The Morgan fingerprint density at radius 1 is 0.962 bits per heavy atom. The van der Waals surface area contributed by atoms with Crippen LogP contribution in [0.1, 0.15) is 97.1 Å². The highest BCUT2D eigenvalue weighted by molar-refractivity contribution is 6.09. The Bertz CT molecular complexity index is 1840. The number of benzene rings is 1. The average Bonchev–Trinajstić information content (AvgIpc) is 3.81. The van der Waals surface area contributed by atoms with Crippen molar-refractivity contribution in [3.63, 3.8) is 0 Å². The van der Waals surface area contributed by atoms with Gasteiger partial charge in [-0.3, -0.25) is 14.5 Å². The Labute approximate surface area is 308 Å². The lowest BCUT2D eigenvalue weighted by molar-refractivity contribution is -0.146. The highest BCUT2D eigenvalue weighted by Crippen LogP contribution is 2.52. The van der Waals surface area contributed by atoms with Crippen molar-refractivity contribution in [1.82, 2.24) is 34.6 Å². The summed E-state index contributed by atoms with van der Waals surface area (Å²) in [5.74, 6) is 1.32. The number of amides is 2. The minimum atomic E-state index is -0.605. The molecule has 0 unspecified atom stereocenters. The molecule has 4 aliphatic heterocycles. The first-order valence-electron chi connectivity index (χ1n) is 20.3. The van der Waals surface area contributed by atoms with Crippen LogP contribution in [0.3, 0.4) is 0 Å². The normalized spacial score (nSPS) is 25.6. The molecular formula is C41H57N9O2. The molecule has 2 aromatic heterocycles. The number of rotatable bonds is 8. The number of aromatic nitrogens is 3. The second-order valence-electron chi connectivity index (χ2n) is 17.3. The van der Waals surface area contributed by atoms with E-state index in [0.717, 1.165) is 91.2 Å². The van der Waals surface area contributed by atoms with Crippen LogP contribution in [0.2, 0.25) is 0 Å². The Morgan fingerprint density at radius 2 is 1.69 bits per heavy atom. The van der Waals surface area contributed by atoms with Gasteiger partial charge in [0, 0.05) is 74.7 Å². The SMILES string of the molecule is CC(C)n1cnc2cc(-c3ccc4c(c3)N([C@H]3C[C@@H](N5CCCCC5)C3)C(=O)C43CCN(C(=O)C(C)(C)N4CCNCC4)CC3)nc(NC3CC3)c21. The van der Waals surface area contributed by atoms with E-state index >= 15 is 4.79 Å². The van der Waals surface area contributed by atoms with E-state index in [0.29, 0.717) is 38.0 Å². The molecule has 1 aromatic carbocycles. The van der Waals surface area contributed by atoms with E-state index in [4.69, 9.17) is 9.97 Å². The lowest BCUT2D eigenvalue weighted by atomic mass is 9.73. The van der Waals surface area contributed by atoms with Gasteiger partial charge in [-0.2, -0.15) is 0 Å². The molecule has 2 saturated carbocycles. The zero-order valence-electron chi connectivity index (χ0n) is 31.7. The molecule has 5 fully saturated rings. The Hall–Kier alpha value is -3.54. The maximum atomic E-state index is 15.0. The minimum Gasteiger partial charge on any atom is -0.366 e. The van der Waals surface area contributed by atoms with Gasteiger partial charge in [-0.1, -0.05) is 18.6 Å². The molecule has 9 rings (SSSR count). The van der Waals surface area contributed by atoms with Crippen LogP contribution >= 0.6 is 0 Å². The summed E-state index contributed by atoms with van der Waals surface area (Å²) in [6.45, 7) is 15.6. The number of anilines is 2. The van der Waals surface area contributed by atoms with Gasteiger partial charge < -0.3 is 29.9 Å². The lowest BCUT2D eigenvalue weighted by Gasteiger charge is -2.48. The Morgan fingerprint density at radius 3 is 2.38 bits per heavy atom. The summed E-state index contributed by atoms with van der Waals surface area (Å²) >= 11 is 0. The van der Waals surface area contributed by atoms with Crippen LogP contribution in [0, 0.1) is 0 Å². The van der Waals surface area contributed by atoms with Crippen LogP contribution in [-0.4, -0.2) is 117 Å². The molecule has 11 nitrogen and oxygen atoms in total. The molecule has 0 bridgehead atoms. The summed E-state index contributed by atoms with van der Waals surface area (Å²) in [5, 5.41) is 7.12. The fourth-order valence-corrected chi connectivity index (χ4v) is 9.91. The van der Waals surface area contributed by atoms with E-state index in [9.17, 15) is 4.79 Å². The largest absolute Gasteiger partial charge is 0.366 e. The van der Waals surface area contributed by atoms with Crippen LogP contribution in [0.25, 0.3) is 22.3 Å². The average molecular weight is 708 g/mol. The van der Waals surface area contributed by atoms with Crippen molar-refractivity contribution in [2.24, 2.45) is 0 Å². The van der Waals surface area contributed by atoms with Crippen molar-refractivity contribution in [1.29, 1.82) is 0 Å². The zero-order chi connectivity index (χ0) is 35.8. The van der Waals surface area contributed by atoms with Crippen molar-refractivity contribution in [2.75, 3.05) is 62.6 Å². The highest BCUT2D eigenvalue weighted by Gasteiger charge is 2.56. The number of pyridine rings is 1. The first kappa shape index (κ1) is 34.2. The molecule has 6 aliphatic rings. The third-order valence-corrected chi connectivity index (χ3v) is 13.4. The van der Waals surface area contributed by atoms with E-state index in [2.05, 4.69) is 81.9 Å². The van der Waals surface area contributed by atoms with Crippen molar-refractivity contribution in [2.45, 2.75) is 121 Å². The van der Waals surface area contributed by atoms with E-state index in [1.807, 2.05) is 11.2 Å². The zero-order valence-corrected chi connectivity index (χ0v) is 31.7. The Balaban J connectivity index is 1.04. The number of carbonyl (C=O) groups excluding carboxylic acids is 2. The summed E-state index contributed by atoms with van der Waals surface area (Å²) in [7, 11) is 0. The van der Waals surface area contributed by atoms with Gasteiger partial charge in [0.05, 0.1) is 28.5 Å². The van der Waals surface area contributed by atoms with Crippen LogP contribution in [0.5, 0.6) is 0 Å². The molecule has 3 saturated heterocycles. The number of nitrogens with one attached hydrogen (secondary N) is 2. The first-order chi connectivity index (χ1) is 25.1. The number of fused-ring (bicyclic) bond motifs is 3. The molecule has 2 amide bonds.